The highest BCUT2D eigenvalue weighted by Gasteiger charge is 1.95. The fraction of sp³-hybridized carbons (Fsp3) is 1.00. The molecule has 0 unspecified atom stereocenters. The van der Waals surface area contributed by atoms with Crippen LogP contribution in [0.2, 0.25) is 0 Å². The van der Waals surface area contributed by atoms with Gasteiger partial charge in [0.25, 0.3) is 0 Å². The van der Waals surface area contributed by atoms with Crippen molar-refractivity contribution in [3.63, 3.8) is 0 Å². The van der Waals surface area contributed by atoms with Gasteiger partial charge in [0.05, 0.1) is 0 Å². The molecule has 0 aromatic heterocycles. The summed E-state index contributed by atoms with van der Waals surface area (Å²) < 4.78 is 11.0. The van der Waals surface area contributed by atoms with Gasteiger partial charge < -0.3 is 9.47 Å². The van der Waals surface area contributed by atoms with Crippen LogP contribution in [0, 0.1) is 11.8 Å². The van der Waals surface area contributed by atoms with Crippen molar-refractivity contribution in [2.45, 2.75) is 53.4 Å². The second-order valence-corrected chi connectivity index (χ2v) is 5.35. The zero-order chi connectivity index (χ0) is 12.2. The first-order valence-corrected chi connectivity index (χ1v) is 6.78. The molecule has 0 atom stereocenters. The predicted octanol–water partition coefficient (Wildman–Crippen LogP) is 3.89. The van der Waals surface area contributed by atoms with Crippen LogP contribution < -0.4 is 0 Å². The quantitative estimate of drug-likeness (QED) is 0.501. The molecule has 0 radical (unpaired) electrons. The molecule has 98 valence electrons. The minimum Gasteiger partial charge on any atom is -0.381 e. The zero-order valence-corrected chi connectivity index (χ0v) is 11.6. The summed E-state index contributed by atoms with van der Waals surface area (Å²) in [6.07, 6.45) is 4.92. The summed E-state index contributed by atoms with van der Waals surface area (Å²) in [5, 5.41) is 0. The Bertz CT molecular complexity index is 117. The molecule has 0 aromatic carbocycles. The van der Waals surface area contributed by atoms with E-state index in [1.807, 2.05) is 0 Å². The minimum absolute atomic E-state index is 0.657. The van der Waals surface area contributed by atoms with Gasteiger partial charge in [0.15, 0.2) is 0 Å². The molecule has 0 N–H and O–H groups in total. The summed E-state index contributed by atoms with van der Waals surface area (Å²) in [5.41, 5.74) is 0. The van der Waals surface area contributed by atoms with Crippen LogP contribution in [0.5, 0.6) is 0 Å². The van der Waals surface area contributed by atoms with Crippen molar-refractivity contribution in [1.29, 1.82) is 0 Å². The first-order valence-electron chi connectivity index (χ1n) is 6.78. The fourth-order valence-electron chi connectivity index (χ4n) is 1.40. The van der Waals surface area contributed by atoms with Crippen molar-refractivity contribution >= 4 is 0 Å². The topological polar surface area (TPSA) is 18.5 Å². The summed E-state index contributed by atoms with van der Waals surface area (Å²) >= 11 is 0. The lowest BCUT2D eigenvalue weighted by Crippen LogP contribution is -2.04. The van der Waals surface area contributed by atoms with Crippen LogP contribution in [0.3, 0.4) is 0 Å². The van der Waals surface area contributed by atoms with E-state index < -0.39 is 0 Å². The SMILES string of the molecule is CC(C)COCCCCCCOCC(C)C. The molecule has 0 rings (SSSR count). The van der Waals surface area contributed by atoms with Gasteiger partial charge in [-0.1, -0.05) is 40.5 Å². The molecule has 0 saturated carbocycles. The fourth-order valence-corrected chi connectivity index (χ4v) is 1.40. The van der Waals surface area contributed by atoms with Crippen LogP contribution >= 0.6 is 0 Å². The van der Waals surface area contributed by atoms with Gasteiger partial charge in [0, 0.05) is 26.4 Å². The summed E-state index contributed by atoms with van der Waals surface area (Å²) in [6.45, 7) is 12.4. The monoisotopic (exact) mass is 230 g/mol. The summed E-state index contributed by atoms with van der Waals surface area (Å²) in [7, 11) is 0. The first kappa shape index (κ1) is 15.9. The number of hydrogen-bond donors (Lipinski definition) is 0. The van der Waals surface area contributed by atoms with Gasteiger partial charge in [0.1, 0.15) is 0 Å². The number of ether oxygens (including phenoxy) is 2. The average Bonchev–Trinajstić information content (AvgIpc) is 2.20. The maximum absolute atomic E-state index is 5.52. The first-order chi connectivity index (χ1) is 7.63. The molecule has 16 heavy (non-hydrogen) atoms. The van der Waals surface area contributed by atoms with Crippen LogP contribution in [-0.4, -0.2) is 26.4 Å². The molecule has 0 fully saturated rings. The Morgan fingerprint density at radius 1 is 0.625 bits per heavy atom. The standard InChI is InChI=1S/C14H30O2/c1-13(2)11-15-9-7-5-6-8-10-16-12-14(3)4/h13-14H,5-12H2,1-4H3. The highest BCUT2D eigenvalue weighted by Crippen LogP contribution is 2.02. The molecule has 0 aliphatic carbocycles. The van der Waals surface area contributed by atoms with Crippen molar-refractivity contribution in [1.82, 2.24) is 0 Å². The van der Waals surface area contributed by atoms with E-state index in [0.29, 0.717) is 11.8 Å². The van der Waals surface area contributed by atoms with Crippen LogP contribution in [0.15, 0.2) is 0 Å². The van der Waals surface area contributed by atoms with E-state index in [-0.39, 0.29) is 0 Å². The Balaban J connectivity index is 2.93. The van der Waals surface area contributed by atoms with Gasteiger partial charge in [0.2, 0.25) is 0 Å². The molecule has 0 amide bonds. The van der Waals surface area contributed by atoms with Gasteiger partial charge in [-0.15, -0.1) is 0 Å². The molecule has 0 saturated heterocycles. The van der Waals surface area contributed by atoms with Gasteiger partial charge in [-0.2, -0.15) is 0 Å². The van der Waals surface area contributed by atoms with E-state index in [1.54, 1.807) is 0 Å². The lowest BCUT2D eigenvalue weighted by molar-refractivity contribution is 0.0987. The minimum atomic E-state index is 0.657. The highest BCUT2D eigenvalue weighted by molar-refractivity contribution is 4.45. The van der Waals surface area contributed by atoms with E-state index in [2.05, 4.69) is 27.7 Å². The van der Waals surface area contributed by atoms with Crippen LogP contribution in [0.25, 0.3) is 0 Å². The second kappa shape index (κ2) is 11.4. The molecular formula is C14H30O2. The second-order valence-electron chi connectivity index (χ2n) is 5.35. The van der Waals surface area contributed by atoms with E-state index in [4.69, 9.17) is 9.47 Å². The number of unbranched alkanes of at least 4 members (excludes halogenated alkanes) is 3. The zero-order valence-electron chi connectivity index (χ0n) is 11.6. The van der Waals surface area contributed by atoms with Crippen molar-refractivity contribution in [2.75, 3.05) is 26.4 Å². The smallest absolute Gasteiger partial charge is 0.0488 e. The molecule has 0 aromatic rings. The Morgan fingerprint density at radius 2 is 1.00 bits per heavy atom. The van der Waals surface area contributed by atoms with E-state index in [9.17, 15) is 0 Å². The molecule has 2 heteroatoms. The molecule has 2 nitrogen and oxygen atoms in total. The molecule has 0 aliphatic heterocycles. The number of rotatable bonds is 11. The Labute approximate surface area is 102 Å². The third-order valence-corrected chi connectivity index (χ3v) is 2.23. The van der Waals surface area contributed by atoms with Crippen molar-refractivity contribution < 1.29 is 9.47 Å². The van der Waals surface area contributed by atoms with Crippen LogP contribution in [0.1, 0.15) is 53.4 Å². The largest absolute Gasteiger partial charge is 0.381 e. The summed E-state index contributed by atoms with van der Waals surface area (Å²) in [4.78, 5) is 0. The predicted molar refractivity (Wildman–Crippen MR) is 69.8 cm³/mol. The van der Waals surface area contributed by atoms with Crippen molar-refractivity contribution in [3.8, 4) is 0 Å². The Hall–Kier alpha value is -0.0800. The third-order valence-electron chi connectivity index (χ3n) is 2.23. The molecular weight excluding hydrogens is 200 g/mol. The summed E-state index contributed by atoms with van der Waals surface area (Å²) in [5.74, 6) is 1.31. The number of hydrogen-bond acceptors (Lipinski definition) is 2. The van der Waals surface area contributed by atoms with Crippen molar-refractivity contribution in [2.24, 2.45) is 11.8 Å². The summed E-state index contributed by atoms with van der Waals surface area (Å²) in [6, 6.07) is 0. The van der Waals surface area contributed by atoms with E-state index in [1.165, 1.54) is 25.7 Å². The van der Waals surface area contributed by atoms with Crippen molar-refractivity contribution in [3.05, 3.63) is 0 Å². The average molecular weight is 230 g/mol. The Morgan fingerprint density at radius 3 is 1.31 bits per heavy atom. The molecule has 0 heterocycles. The van der Waals surface area contributed by atoms with Gasteiger partial charge in [-0.3, -0.25) is 0 Å². The van der Waals surface area contributed by atoms with Crippen LogP contribution in [-0.2, 0) is 9.47 Å². The molecule has 0 bridgehead atoms. The van der Waals surface area contributed by atoms with E-state index in [0.717, 1.165) is 26.4 Å². The lowest BCUT2D eigenvalue weighted by Gasteiger charge is -2.07. The maximum Gasteiger partial charge on any atom is 0.0488 e. The third kappa shape index (κ3) is 13.9. The Kier molecular flexibility index (Phi) is 11.3. The normalized spacial score (nSPS) is 11.6. The highest BCUT2D eigenvalue weighted by atomic mass is 16.5. The van der Waals surface area contributed by atoms with Crippen LogP contribution in [0.4, 0.5) is 0 Å². The molecule has 0 aliphatic rings. The maximum atomic E-state index is 5.52. The lowest BCUT2D eigenvalue weighted by atomic mass is 10.2. The van der Waals surface area contributed by atoms with Gasteiger partial charge in [-0.25, -0.2) is 0 Å². The van der Waals surface area contributed by atoms with E-state index >= 15 is 0 Å². The molecule has 0 spiro atoms. The van der Waals surface area contributed by atoms with Gasteiger partial charge >= 0.3 is 0 Å². The van der Waals surface area contributed by atoms with Gasteiger partial charge in [-0.05, 0) is 24.7 Å².